The maximum Gasteiger partial charge on any atom is 0.305 e. The number of methoxy groups -OCH3 is 1. The highest BCUT2D eigenvalue weighted by Gasteiger charge is 2.23. The van der Waals surface area contributed by atoms with Gasteiger partial charge < -0.3 is 9.64 Å². The van der Waals surface area contributed by atoms with Crippen molar-refractivity contribution in [1.82, 2.24) is 4.90 Å². The van der Waals surface area contributed by atoms with Gasteiger partial charge in [-0.1, -0.05) is 34.1 Å². The van der Waals surface area contributed by atoms with Crippen LogP contribution in [0.2, 0.25) is 0 Å². The SMILES string of the molecule is COC(=O)CCC1=CCN(CCc2ccc(Br)cc2)C1=O. The van der Waals surface area contributed by atoms with Crippen molar-refractivity contribution in [2.24, 2.45) is 0 Å². The molecule has 0 N–H and O–H groups in total. The molecule has 112 valence electrons. The fraction of sp³-hybridized carbons (Fsp3) is 0.375. The number of benzene rings is 1. The van der Waals surface area contributed by atoms with Gasteiger partial charge in [-0.05, 0) is 30.5 Å². The molecule has 0 bridgehead atoms. The number of rotatable bonds is 6. The van der Waals surface area contributed by atoms with Gasteiger partial charge in [0.15, 0.2) is 0 Å². The van der Waals surface area contributed by atoms with Crippen molar-refractivity contribution in [3.8, 4) is 0 Å². The number of hydrogen-bond donors (Lipinski definition) is 0. The first kappa shape index (κ1) is 15.8. The molecule has 0 aliphatic carbocycles. The van der Waals surface area contributed by atoms with E-state index in [2.05, 4.69) is 32.8 Å². The quantitative estimate of drug-likeness (QED) is 0.740. The molecule has 0 unspecified atom stereocenters. The summed E-state index contributed by atoms with van der Waals surface area (Å²) in [6, 6.07) is 8.11. The van der Waals surface area contributed by atoms with Crippen LogP contribution in [-0.2, 0) is 20.7 Å². The van der Waals surface area contributed by atoms with Crippen LogP contribution in [0.3, 0.4) is 0 Å². The van der Waals surface area contributed by atoms with E-state index in [0.717, 1.165) is 16.5 Å². The summed E-state index contributed by atoms with van der Waals surface area (Å²) in [6.45, 7) is 1.32. The molecular formula is C16H18BrNO3. The van der Waals surface area contributed by atoms with Gasteiger partial charge in [-0.25, -0.2) is 0 Å². The predicted molar refractivity (Wildman–Crippen MR) is 83.8 cm³/mol. The molecule has 0 aromatic heterocycles. The van der Waals surface area contributed by atoms with Crippen molar-refractivity contribution in [1.29, 1.82) is 0 Å². The van der Waals surface area contributed by atoms with Gasteiger partial charge in [-0.2, -0.15) is 0 Å². The molecule has 2 rings (SSSR count). The molecule has 0 atom stereocenters. The molecule has 0 spiro atoms. The van der Waals surface area contributed by atoms with Crippen molar-refractivity contribution in [3.63, 3.8) is 0 Å². The smallest absolute Gasteiger partial charge is 0.305 e. The highest BCUT2D eigenvalue weighted by Crippen LogP contribution is 2.18. The number of carbonyl (C=O) groups excluding carboxylic acids is 2. The van der Waals surface area contributed by atoms with Crippen molar-refractivity contribution < 1.29 is 14.3 Å². The fourth-order valence-corrected chi connectivity index (χ4v) is 2.51. The summed E-state index contributed by atoms with van der Waals surface area (Å²) in [6.07, 6.45) is 3.46. The third-order valence-electron chi connectivity index (χ3n) is 3.53. The Hall–Kier alpha value is -1.62. The predicted octanol–water partition coefficient (Wildman–Crippen LogP) is 2.71. The second-order valence-corrected chi connectivity index (χ2v) is 5.85. The van der Waals surface area contributed by atoms with Crippen LogP contribution in [0.25, 0.3) is 0 Å². The van der Waals surface area contributed by atoms with E-state index in [1.165, 1.54) is 12.7 Å². The highest BCUT2D eigenvalue weighted by molar-refractivity contribution is 9.10. The standard InChI is InChI=1S/C16H18BrNO3/c1-21-15(19)7-4-13-9-11-18(16(13)20)10-8-12-2-5-14(17)6-3-12/h2-3,5-6,9H,4,7-8,10-11H2,1H3. The molecule has 0 saturated carbocycles. The number of halogens is 1. The van der Waals surface area contributed by atoms with E-state index in [1.807, 2.05) is 23.1 Å². The van der Waals surface area contributed by atoms with Gasteiger partial charge in [-0.15, -0.1) is 0 Å². The molecule has 1 amide bonds. The van der Waals surface area contributed by atoms with Gasteiger partial charge in [0.2, 0.25) is 5.91 Å². The Bertz CT molecular complexity index is 551. The van der Waals surface area contributed by atoms with Crippen LogP contribution in [0.1, 0.15) is 18.4 Å². The number of carbonyl (C=O) groups is 2. The number of amides is 1. The van der Waals surface area contributed by atoms with E-state index in [0.29, 0.717) is 19.5 Å². The Labute approximate surface area is 132 Å². The molecule has 0 fully saturated rings. The molecule has 0 radical (unpaired) electrons. The maximum atomic E-state index is 12.2. The van der Waals surface area contributed by atoms with Gasteiger partial charge in [0.25, 0.3) is 0 Å². The van der Waals surface area contributed by atoms with Crippen LogP contribution in [-0.4, -0.2) is 37.0 Å². The van der Waals surface area contributed by atoms with E-state index >= 15 is 0 Å². The summed E-state index contributed by atoms with van der Waals surface area (Å²) in [5.74, 6) is -0.243. The molecule has 1 aromatic rings. The number of nitrogens with zero attached hydrogens (tertiary/aromatic N) is 1. The Morgan fingerprint density at radius 2 is 2.00 bits per heavy atom. The lowest BCUT2D eigenvalue weighted by Crippen LogP contribution is -2.29. The summed E-state index contributed by atoms with van der Waals surface area (Å²) in [7, 11) is 1.36. The zero-order chi connectivity index (χ0) is 15.2. The number of esters is 1. The minimum Gasteiger partial charge on any atom is -0.469 e. The second kappa shape index (κ2) is 7.41. The zero-order valence-corrected chi connectivity index (χ0v) is 13.6. The molecule has 4 nitrogen and oxygen atoms in total. The summed E-state index contributed by atoms with van der Waals surface area (Å²) in [5, 5.41) is 0. The van der Waals surface area contributed by atoms with Crippen LogP contribution in [0, 0.1) is 0 Å². The molecule has 21 heavy (non-hydrogen) atoms. The van der Waals surface area contributed by atoms with Gasteiger partial charge in [0, 0.05) is 29.6 Å². The minimum absolute atomic E-state index is 0.0380. The van der Waals surface area contributed by atoms with Gasteiger partial charge in [0.05, 0.1) is 7.11 Å². The van der Waals surface area contributed by atoms with Gasteiger partial charge >= 0.3 is 5.97 Å². The van der Waals surface area contributed by atoms with Crippen LogP contribution >= 0.6 is 15.9 Å². The topological polar surface area (TPSA) is 46.6 Å². The van der Waals surface area contributed by atoms with Crippen molar-refractivity contribution in [2.45, 2.75) is 19.3 Å². The van der Waals surface area contributed by atoms with E-state index in [9.17, 15) is 9.59 Å². The van der Waals surface area contributed by atoms with E-state index in [4.69, 9.17) is 0 Å². The first-order chi connectivity index (χ1) is 10.1. The third kappa shape index (κ3) is 4.43. The van der Waals surface area contributed by atoms with E-state index in [1.54, 1.807) is 0 Å². The summed E-state index contributed by atoms with van der Waals surface area (Å²) < 4.78 is 5.64. The number of ether oxygens (including phenoxy) is 1. The zero-order valence-electron chi connectivity index (χ0n) is 12.0. The van der Waals surface area contributed by atoms with Crippen LogP contribution in [0.5, 0.6) is 0 Å². The molecule has 1 aliphatic heterocycles. The molecule has 1 heterocycles. The number of hydrogen-bond acceptors (Lipinski definition) is 3. The first-order valence-corrected chi connectivity index (χ1v) is 7.69. The molecular weight excluding hydrogens is 334 g/mol. The largest absolute Gasteiger partial charge is 0.469 e. The highest BCUT2D eigenvalue weighted by atomic mass is 79.9. The minimum atomic E-state index is -0.281. The second-order valence-electron chi connectivity index (χ2n) is 4.93. The molecule has 1 aromatic carbocycles. The Kier molecular flexibility index (Phi) is 5.56. The van der Waals surface area contributed by atoms with Crippen LogP contribution in [0.15, 0.2) is 40.4 Å². The Morgan fingerprint density at radius 3 is 2.67 bits per heavy atom. The van der Waals surface area contributed by atoms with Gasteiger partial charge in [-0.3, -0.25) is 9.59 Å². The monoisotopic (exact) mass is 351 g/mol. The van der Waals surface area contributed by atoms with Crippen LogP contribution < -0.4 is 0 Å². The Morgan fingerprint density at radius 1 is 1.29 bits per heavy atom. The normalized spacial score (nSPS) is 14.3. The summed E-state index contributed by atoms with van der Waals surface area (Å²) in [4.78, 5) is 25.1. The van der Waals surface area contributed by atoms with E-state index < -0.39 is 0 Å². The molecule has 5 heteroatoms. The van der Waals surface area contributed by atoms with E-state index in [-0.39, 0.29) is 18.3 Å². The van der Waals surface area contributed by atoms with Crippen molar-refractivity contribution in [2.75, 3.05) is 20.2 Å². The summed E-state index contributed by atoms with van der Waals surface area (Å²) >= 11 is 3.40. The summed E-state index contributed by atoms with van der Waals surface area (Å²) in [5.41, 5.74) is 1.92. The van der Waals surface area contributed by atoms with Crippen LogP contribution in [0.4, 0.5) is 0 Å². The average molecular weight is 352 g/mol. The lowest BCUT2D eigenvalue weighted by atomic mass is 10.1. The molecule has 1 aliphatic rings. The maximum absolute atomic E-state index is 12.2. The lowest BCUT2D eigenvalue weighted by Gasteiger charge is -2.16. The lowest BCUT2D eigenvalue weighted by molar-refractivity contribution is -0.140. The van der Waals surface area contributed by atoms with Gasteiger partial charge in [0.1, 0.15) is 0 Å². The third-order valence-corrected chi connectivity index (χ3v) is 4.06. The fourth-order valence-electron chi connectivity index (χ4n) is 2.25. The molecule has 0 saturated heterocycles. The Balaban J connectivity index is 1.80. The average Bonchev–Trinajstić information content (AvgIpc) is 2.85. The first-order valence-electron chi connectivity index (χ1n) is 6.89. The van der Waals surface area contributed by atoms with Crippen molar-refractivity contribution in [3.05, 3.63) is 46.0 Å². The van der Waals surface area contributed by atoms with Crippen molar-refractivity contribution >= 4 is 27.8 Å².